The minimum absolute atomic E-state index is 0. The quantitative estimate of drug-likeness (QED) is 0.254. The van der Waals surface area contributed by atoms with E-state index in [1.807, 2.05) is 6.92 Å². The van der Waals surface area contributed by atoms with Gasteiger partial charge in [-0.1, -0.05) is 26.2 Å². The lowest BCUT2D eigenvalue weighted by Gasteiger charge is -2.30. The van der Waals surface area contributed by atoms with E-state index in [9.17, 15) is 4.21 Å². The molecule has 7 heteroatoms. The molecule has 2 aliphatic carbocycles. The maximum absolute atomic E-state index is 12.2. The Labute approximate surface area is 192 Å². The first kappa shape index (κ1) is 26.1. The minimum atomic E-state index is -0.685. The Hall–Kier alpha value is 0.110. The van der Waals surface area contributed by atoms with Crippen molar-refractivity contribution in [2.24, 2.45) is 10.9 Å². The summed E-state index contributed by atoms with van der Waals surface area (Å²) < 4.78 is 18.2. The molecule has 0 heterocycles. The van der Waals surface area contributed by atoms with Crippen LogP contribution < -0.4 is 10.6 Å². The number of rotatable bonds is 10. The third kappa shape index (κ3) is 8.86. The number of ether oxygens (including phenoxy) is 1. The van der Waals surface area contributed by atoms with Crippen LogP contribution in [0.25, 0.3) is 0 Å². The van der Waals surface area contributed by atoms with Crippen LogP contribution in [0.2, 0.25) is 0 Å². The van der Waals surface area contributed by atoms with Crippen LogP contribution >= 0.6 is 24.0 Å². The van der Waals surface area contributed by atoms with Gasteiger partial charge in [0.25, 0.3) is 0 Å². The van der Waals surface area contributed by atoms with E-state index < -0.39 is 10.8 Å². The van der Waals surface area contributed by atoms with Crippen molar-refractivity contribution in [3.8, 4) is 0 Å². The minimum Gasteiger partial charge on any atom is -0.378 e. The smallest absolute Gasteiger partial charge is 0.191 e. The summed E-state index contributed by atoms with van der Waals surface area (Å²) in [5.41, 5.74) is 0. The van der Waals surface area contributed by atoms with Gasteiger partial charge >= 0.3 is 0 Å². The zero-order valence-electron chi connectivity index (χ0n) is 18.1. The van der Waals surface area contributed by atoms with E-state index in [-0.39, 0.29) is 24.0 Å². The third-order valence-electron chi connectivity index (χ3n) is 5.96. The summed E-state index contributed by atoms with van der Waals surface area (Å²) in [6.07, 6.45) is 11.1. The molecule has 0 aromatic heterocycles. The lowest BCUT2D eigenvalue weighted by Crippen LogP contribution is -2.46. The highest BCUT2D eigenvalue weighted by Crippen LogP contribution is 2.30. The molecule has 2 rings (SSSR count). The van der Waals surface area contributed by atoms with Gasteiger partial charge in [0.15, 0.2) is 5.96 Å². The van der Waals surface area contributed by atoms with Crippen LogP contribution in [0.15, 0.2) is 4.99 Å². The second kappa shape index (κ2) is 15.0. The van der Waals surface area contributed by atoms with Crippen molar-refractivity contribution in [2.45, 2.75) is 96.0 Å². The number of hydrogen-bond donors (Lipinski definition) is 2. The average Bonchev–Trinajstić information content (AvgIpc) is 3.21. The summed E-state index contributed by atoms with van der Waals surface area (Å²) in [5, 5.41) is 7.33. The average molecular weight is 528 g/mol. The normalized spacial score (nSPS) is 25.8. The molecule has 2 fully saturated rings. The maximum atomic E-state index is 12.2. The van der Waals surface area contributed by atoms with E-state index in [4.69, 9.17) is 9.73 Å². The van der Waals surface area contributed by atoms with Gasteiger partial charge in [-0.25, -0.2) is 0 Å². The van der Waals surface area contributed by atoms with Crippen LogP contribution in [-0.4, -0.2) is 53.0 Å². The number of nitrogens with zero attached hydrogens (tertiary/aromatic N) is 1. The second-order valence-corrected chi connectivity index (χ2v) is 9.89. The largest absolute Gasteiger partial charge is 0.378 e. The Balaban J connectivity index is 0.00000392. The van der Waals surface area contributed by atoms with Crippen LogP contribution in [0.4, 0.5) is 0 Å². The molecule has 0 bridgehead atoms. The van der Waals surface area contributed by atoms with Crippen molar-refractivity contribution in [3.05, 3.63) is 0 Å². The van der Waals surface area contributed by atoms with Crippen LogP contribution in [0.1, 0.15) is 78.6 Å². The number of aliphatic imine (C=N–C) groups is 1. The van der Waals surface area contributed by atoms with Gasteiger partial charge < -0.3 is 15.4 Å². The number of guanidine groups is 1. The molecule has 0 aliphatic heterocycles. The SMILES string of the molecule is CCNC(=NCCC(OCC)C1CCCC1)NC1CCCC(S(=O)CC)C1.I. The summed E-state index contributed by atoms with van der Waals surface area (Å²) in [6, 6.07) is 0.384. The van der Waals surface area contributed by atoms with Gasteiger partial charge in [-0.2, -0.15) is 0 Å². The lowest BCUT2D eigenvalue weighted by atomic mass is 9.95. The maximum Gasteiger partial charge on any atom is 0.191 e. The summed E-state index contributed by atoms with van der Waals surface area (Å²) in [7, 11) is -0.685. The predicted molar refractivity (Wildman–Crippen MR) is 131 cm³/mol. The van der Waals surface area contributed by atoms with Crippen LogP contribution in [-0.2, 0) is 15.5 Å². The molecule has 2 saturated carbocycles. The van der Waals surface area contributed by atoms with Gasteiger partial charge in [-0.3, -0.25) is 9.20 Å². The molecule has 0 radical (unpaired) electrons. The fourth-order valence-corrected chi connectivity index (χ4v) is 5.91. The standard InChI is InChI=1S/C21H41N3O2S.HI/c1-4-22-21(24-18-12-9-13-19(16-18)27(25)6-3)23-15-14-20(26-5-2)17-10-7-8-11-17;/h17-20H,4-16H2,1-3H3,(H2,22,23,24);1H. The third-order valence-corrected chi connectivity index (χ3v) is 7.70. The van der Waals surface area contributed by atoms with Gasteiger partial charge in [0, 0.05) is 47.5 Å². The Morgan fingerprint density at radius 2 is 1.89 bits per heavy atom. The van der Waals surface area contributed by atoms with Crippen LogP contribution in [0, 0.1) is 5.92 Å². The Kier molecular flexibility index (Phi) is 14.0. The van der Waals surface area contributed by atoms with Gasteiger partial charge in [0.2, 0.25) is 0 Å². The van der Waals surface area contributed by atoms with Crippen molar-refractivity contribution < 1.29 is 8.95 Å². The van der Waals surface area contributed by atoms with E-state index in [1.54, 1.807) is 0 Å². The van der Waals surface area contributed by atoms with E-state index in [0.717, 1.165) is 69.4 Å². The molecule has 4 unspecified atom stereocenters. The zero-order valence-corrected chi connectivity index (χ0v) is 21.2. The fourth-order valence-electron chi connectivity index (χ4n) is 4.57. The van der Waals surface area contributed by atoms with Crippen molar-refractivity contribution in [1.29, 1.82) is 0 Å². The predicted octanol–water partition coefficient (Wildman–Crippen LogP) is 4.22. The molecule has 0 spiro atoms. The Morgan fingerprint density at radius 1 is 1.14 bits per heavy atom. The highest BCUT2D eigenvalue weighted by Gasteiger charge is 2.27. The lowest BCUT2D eigenvalue weighted by molar-refractivity contribution is 0.0177. The number of halogens is 1. The van der Waals surface area contributed by atoms with Gasteiger partial charge in [-0.15, -0.1) is 24.0 Å². The first-order valence-electron chi connectivity index (χ1n) is 11.2. The Bertz CT molecular complexity index is 473. The summed E-state index contributed by atoms with van der Waals surface area (Å²) >= 11 is 0. The van der Waals surface area contributed by atoms with Crippen LogP contribution in [0.5, 0.6) is 0 Å². The van der Waals surface area contributed by atoms with E-state index >= 15 is 0 Å². The van der Waals surface area contributed by atoms with Crippen molar-refractivity contribution in [2.75, 3.05) is 25.4 Å². The van der Waals surface area contributed by atoms with Crippen molar-refractivity contribution in [3.63, 3.8) is 0 Å². The summed E-state index contributed by atoms with van der Waals surface area (Å²) in [5.74, 6) is 2.40. The molecule has 2 aliphatic rings. The molecule has 0 amide bonds. The number of hydrogen-bond acceptors (Lipinski definition) is 3. The summed E-state index contributed by atoms with van der Waals surface area (Å²) in [6.45, 7) is 8.68. The highest BCUT2D eigenvalue weighted by atomic mass is 127. The highest BCUT2D eigenvalue weighted by molar-refractivity contribution is 14.0. The van der Waals surface area contributed by atoms with Crippen molar-refractivity contribution >= 4 is 40.7 Å². The molecule has 5 nitrogen and oxygen atoms in total. The molecule has 4 atom stereocenters. The molecule has 0 aromatic rings. The van der Waals surface area contributed by atoms with Crippen LogP contribution in [0.3, 0.4) is 0 Å². The van der Waals surface area contributed by atoms with E-state index in [0.29, 0.717) is 17.4 Å². The number of nitrogens with one attached hydrogen (secondary N) is 2. The molecule has 166 valence electrons. The summed E-state index contributed by atoms with van der Waals surface area (Å²) in [4.78, 5) is 4.83. The van der Waals surface area contributed by atoms with Crippen molar-refractivity contribution in [1.82, 2.24) is 10.6 Å². The molecular formula is C21H42IN3O2S. The second-order valence-electron chi connectivity index (χ2n) is 7.89. The van der Waals surface area contributed by atoms with Gasteiger partial charge in [0.1, 0.15) is 0 Å². The van der Waals surface area contributed by atoms with E-state index in [2.05, 4.69) is 24.5 Å². The fraction of sp³-hybridized carbons (Fsp3) is 0.952. The van der Waals surface area contributed by atoms with Gasteiger partial charge in [-0.05, 0) is 58.3 Å². The molecular weight excluding hydrogens is 485 g/mol. The molecule has 0 saturated heterocycles. The molecule has 2 N–H and O–H groups in total. The zero-order chi connectivity index (χ0) is 19.5. The first-order chi connectivity index (χ1) is 13.2. The Morgan fingerprint density at radius 3 is 2.54 bits per heavy atom. The molecule has 0 aromatic carbocycles. The monoisotopic (exact) mass is 527 g/mol. The van der Waals surface area contributed by atoms with Gasteiger partial charge in [0.05, 0.1) is 6.10 Å². The first-order valence-corrected chi connectivity index (χ1v) is 12.6. The van der Waals surface area contributed by atoms with E-state index in [1.165, 1.54) is 25.7 Å². The molecule has 28 heavy (non-hydrogen) atoms. The topological polar surface area (TPSA) is 62.7 Å².